The van der Waals surface area contributed by atoms with Gasteiger partial charge in [0.25, 0.3) is 0 Å². The Morgan fingerprint density at radius 3 is 0.840 bits per heavy atom. The molecule has 5 rings (SSSR count). The van der Waals surface area contributed by atoms with E-state index < -0.39 is 16.1 Å². The fraction of sp³-hybridized carbons (Fsp3) is 0.292. The summed E-state index contributed by atoms with van der Waals surface area (Å²) in [6, 6.07) is 18.7. The summed E-state index contributed by atoms with van der Waals surface area (Å²) >= 11 is 0. The van der Waals surface area contributed by atoms with Gasteiger partial charge in [-0.3, -0.25) is 0 Å². The lowest BCUT2D eigenvalue weighted by Crippen LogP contribution is -2.40. The second-order valence-electron chi connectivity index (χ2n) is 15.7. The van der Waals surface area contributed by atoms with E-state index in [1.165, 1.54) is 43.8 Å². The molecule has 0 aliphatic rings. The van der Waals surface area contributed by atoms with Crippen LogP contribution in [-0.4, -0.2) is 16.1 Å². The first-order valence-corrected chi connectivity index (χ1v) is 22.1. The van der Waals surface area contributed by atoms with Crippen LogP contribution in [0.5, 0.6) is 0 Å². The van der Waals surface area contributed by atoms with E-state index in [9.17, 15) is 0 Å². The minimum absolute atomic E-state index is 0.351. The topological polar surface area (TPSA) is 0 Å². The molecule has 2 heteroatoms. The highest BCUT2D eigenvalue weighted by Gasteiger charge is 2.38. The normalized spacial score (nSPS) is 12.0. The molecule has 0 saturated heterocycles. The van der Waals surface area contributed by atoms with E-state index in [0.29, 0.717) is 11.1 Å². The van der Waals surface area contributed by atoms with Crippen LogP contribution in [0.15, 0.2) is 95.6 Å². The second-order valence-corrected chi connectivity index (χ2v) is 25.1. The average Bonchev–Trinajstić information content (AvgIpc) is 3.01. The molecule has 0 spiro atoms. The minimum atomic E-state index is -2.41. The highest BCUT2D eigenvalue weighted by molar-refractivity contribution is 7.00. The summed E-state index contributed by atoms with van der Waals surface area (Å²) in [6.07, 6.45) is 0. The van der Waals surface area contributed by atoms with Gasteiger partial charge in [-0.1, -0.05) is 84.6 Å². The van der Waals surface area contributed by atoms with E-state index >= 15 is 0 Å². The van der Waals surface area contributed by atoms with Gasteiger partial charge in [-0.25, -0.2) is 0 Å². The van der Waals surface area contributed by atoms with E-state index in [-0.39, 0.29) is 0 Å². The summed E-state index contributed by atoms with van der Waals surface area (Å²) in [5.41, 5.74) is 15.8. The van der Waals surface area contributed by atoms with Crippen molar-refractivity contribution in [3.05, 3.63) is 129 Å². The third-order valence-electron chi connectivity index (χ3n) is 11.4. The molecular weight excluding hydrogens is 633 g/mol. The van der Waals surface area contributed by atoms with Gasteiger partial charge in [0, 0.05) is 11.1 Å². The van der Waals surface area contributed by atoms with Crippen molar-refractivity contribution in [2.24, 2.45) is 0 Å². The number of hydrogen-bond donors (Lipinski definition) is 0. The zero-order chi connectivity index (χ0) is 37.0. The van der Waals surface area contributed by atoms with Gasteiger partial charge in [0.15, 0.2) is 16.1 Å². The van der Waals surface area contributed by atoms with E-state index in [4.69, 9.17) is 0 Å². The van der Waals surface area contributed by atoms with Crippen LogP contribution < -0.4 is 0 Å². The molecule has 0 saturated carbocycles. The number of fused-ring (bicyclic) bond motifs is 4. The van der Waals surface area contributed by atoms with Crippen LogP contribution in [0.2, 0.25) is 11.1 Å². The first-order chi connectivity index (χ1) is 23.4. The molecule has 0 amide bonds. The fourth-order valence-corrected chi connectivity index (χ4v) is 15.8. The van der Waals surface area contributed by atoms with E-state index in [1.54, 1.807) is 0 Å². The smallest absolute Gasteiger partial charge is 0.115 e. The average molecular weight is 687 g/mol. The highest BCUT2D eigenvalue weighted by Crippen LogP contribution is 2.40. The van der Waals surface area contributed by atoms with Crippen molar-refractivity contribution in [3.8, 4) is 22.9 Å². The molecule has 5 aromatic carbocycles. The third-order valence-corrected chi connectivity index (χ3v) is 21.3. The monoisotopic (exact) mass is 686 g/mol. The Labute approximate surface area is 304 Å². The molecule has 0 heterocycles. The molecule has 0 aromatic heterocycles. The summed E-state index contributed by atoms with van der Waals surface area (Å²) in [5, 5.41) is 14.1. The van der Waals surface area contributed by atoms with Crippen molar-refractivity contribution in [2.45, 2.75) is 94.2 Å². The molecule has 0 fully saturated rings. The lowest BCUT2D eigenvalue weighted by molar-refractivity contribution is 1.02. The first-order valence-electron chi connectivity index (χ1n) is 17.9. The number of allylic oxidation sites excluding steroid dienone is 4. The van der Waals surface area contributed by atoms with Crippen LogP contribution in [0, 0.1) is 50.6 Å². The molecule has 0 N–H and O–H groups in total. The Bertz CT molecular complexity index is 2130. The van der Waals surface area contributed by atoms with Crippen LogP contribution >= 0.6 is 0 Å². The quantitative estimate of drug-likeness (QED) is 0.0947. The molecule has 5 aromatic rings. The lowest BCUT2D eigenvalue weighted by atomic mass is 9.88. The SMILES string of the molecule is C=C(C)[Si](C#Cc1c2cc3cc(C)c(C)cc3cc2c(C#C[Si](C(=C)C)(C(=C)C)C(C)C)c2cc3cc(C)c(C)cc3cc12)(C(=C)C)C(C)C. The Morgan fingerprint density at radius 2 is 0.660 bits per heavy atom. The van der Waals surface area contributed by atoms with Crippen LogP contribution in [0.25, 0.3) is 43.1 Å². The molecule has 0 nitrogen and oxygen atoms in total. The maximum Gasteiger partial charge on any atom is 0.192 e. The van der Waals surface area contributed by atoms with Crippen LogP contribution in [0.4, 0.5) is 0 Å². The molecule has 0 unspecified atom stereocenters. The molecule has 0 bridgehead atoms. The van der Waals surface area contributed by atoms with Crippen molar-refractivity contribution in [3.63, 3.8) is 0 Å². The number of aryl methyl sites for hydroxylation is 4. The Balaban J connectivity index is 2.11. The van der Waals surface area contributed by atoms with Crippen LogP contribution in [0.1, 0.15) is 88.8 Å². The number of hydrogen-bond acceptors (Lipinski definition) is 0. The summed E-state index contributed by atoms with van der Waals surface area (Å²) in [6.45, 7) is 44.5. The van der Waals surface area contributed by atoms with E-state index in [2.05, 4.69) is 181 Å². The molecule has 0 radical (unpaired) electrons. The summed E-state index contributed by atoms with van der Waals surface area (Å²) in [7, 11) is -4.82. The first kappa shape index (κ1) is 36.9. The van der Waals surface area contributed by atoms with Crippen molar-refractivity contribution in [2.75, 3.05) is 0 Å². The van der Waals surface area contributed by atoms with E-state index in [1.807, 2.05) is 0 Å². The Hall–Kier alpha value is -4.35. The van der Waals surface area contributed by atoms with Crippen molar-refractivity contribution in [1.29, 1.82) is 0 Å². The maximum atomic E-state index is 4.50. The molecule has 0 aliphatic heterocycles. The fourth-order valence-electron chi connectivity index (χ4n) is 8.28. The van der Waals surface area contributed by atoms with Crippen LogP contribution in [0.3, 0.4) is 0 Å². The molecule has 50 heavy (non-hydrogen) atoms. The van der Waals surface area contributed by atoms with Gasteiger partial charge in [-0.2, -0.15) is 0 Å². The summed E-state index contributed by atoms with van der Waals surface area (Å²) in [4.78, 5) is 0. The highest BCUT2D eigenvalue weighted by atomic mass is 28.3. The Morgan fingerprint density at radius 1 is 0.440 bits per heavy atom. The summed E-state index contributed by atoms with van der Waals surface area (Å²) < 4.78 is 0. The predicted molar refractivity (Wildman–Crippen MR) is 230 cm³/mol. The minimum Gasteiger partial charge on any atom is -0.115 e. The van der Waals surface area contributed by atoms with Gasteiger partial charge in [0.2, 0.25) is 0 Å². The maximum absolute atomic E-state index is 4.50. The van der Waals surface area contributed by atoms with Gasteiger partial charge in [-0.15, -0.1) is 37.4 Å². The molecule has 0 atom stereocenters. The van der Waals surface area contributed by atoms with Gasteiger partial charge >= 0.3 is 0 Å². The standard InChI is InChI=1S/C48H54Si2/c1-29(2)49(30(3)4,31(5)6)19-17-43-45-25-39-21-35(13)37(15)23-41(39)27-47(45)44(18-20-50(32(7)8,33(9)10)34(11)12)48-28-42-24-38(16)36(14)22-40(42)26-46(43)48/h21-28,31,34H,1,3,7,9H2,2,4-6,8,10-16H3. The van der Waals surface area contributed by atoms with Gasteiger partial charge < -0.3 is 0 Å². The van der Waals surface area contributed by atoms with Crippen molar-refractivity contribution < 1.29 is 0 Å². The van der Waals surface area contributed by atoms with Crippen molar-refractivity contribution >= 4 is 59.2 Å². The molecule has 0 aliphatic carbocycles. The third kappa shape index (κ3) is 5.94. The second kappa shape index (κ2) is 13.4. The molecular formula is C48H54Si2. The molecule has 254 valence electrons. The van der Waals surface area contributed by atoms with Gasteiger partial charge in [0.05, 0.1) is 0 Å². The lowest BCUT2D eigenvalue weighted by Gasteiger charge is -2.31. The van der Waals surface area contributed by atoms with E-state index in [0.717, 1.165) is 53.5 Å². The van der Waals surface area contributed by atoms with Crippen molar-refractivity contribution in [1.82, 2.24) is 0 Å². The number of rotatable bonds is 6. The van der Waals surface area contributed by atoms with Gasteiger partial charge in [-0.05, 0) is 156 Å². The predicted octanol–water partition coefficient (Wildman–Crippen LogP) is 13.5. The zero-order valence-corrected chi connectivity index (χ0v) is 34.6. The van der Waals surface area contributed by atoms with Gasteiger partial charge in [0.1, 0.15) is 0 Å². The largest absolute Gasteiger partial charge is 0.192 e. The Kier molecular flexibility index (Phi) is 9.90. The zero-order valence-electron chi connectivity index (χ0n) is 32.6. The summed E-state index contributed by atoms with van der Waals surface area (Å²) in [5.74, 6) is 7.75. The number of benzene rings is 5. The van der Waals surface area contributed by atoms with Crippen LogP contribution in [-0.2, 0) is 0 Å².